The number of aromatic nitrogens is 1. The van der Waals surface area contributed by atoms with Crippen LogP contribution in [0.15, 0.2) is 30.5 Å². The van der Waals surface area contributed by atoms with Crippen molar-refractivity contribution >= 4 is 22.7 Å². The molecule has 6 nitrogen and oxygen atoms in total. The lowest BCUT2D eigenvalue weighted by Gasteiger charge is -2.40. The van der Waals surface area contributed by atoms with Crippen molar-refractivity contribution < 1.29 is 22.7 Å². The van der Waals surface area contributed by atoms with Gasteiger partial charge in [-0.25, -0.2) is 4.79 Å². The minimum Gasteiger partial charge on any atom is -0.444 e. The summed E-state index contributed by atoms with van der Waals surface area (Å²) in [5.74, 6) is -1.62. The van der Waals surface area contributed by atoms with Crippen LogP contribution in [0.2, 0.25) is 0 Å². The number of hydrogen-bond donors (Lipinski definition) is 1. The standard InChI is InChI=1S/C21H23F3N4O2/c1-20(2,3)30-19(29)27-15-9-14(21(22,23)24)11-28(12-15)17-7-6-13(10-25)18-16(17)5-4-8-26-18/h4-8,14-15H,9,11-12H2,1-3H3,(H,27,29)/t14-,15+/m0/s1. The summed E-state index contributed by atoms with van der Waals surface area (Å²) < 4.78 is 46.1. The molecule has 1 saturated heterocycles. The van der Waals surface area contributed by atoms with E-state index in [1.54, 1.807) is 49.9 Å². The van der Waals surface area contributed by atoms with Gasteiger partial charge >= 0.3 is 12.3 Å². The summed E-state index contributed by atoms with van der Waals surface area (Å²) >= 11 is 0. The van der Waals surface area contributed by atoms with Crippen LogP contribution in [-0.2, 0) is 4.74 Å². The number of hydrogen-bond acceptors (Lipinski definition) is 5. The molecule has 9 heteroatoms. The van der Waals surface area contributed by atoms with Gasteiger partial charge in [0.1, 0.15) is 11.7 Å². The largest absolute Gasteiger partial charge is 0.444 e. The lowest BCUT2D eigenvalue weighted by atomic mass is 9.92. The topological polar surface area (TPSA) is 78.2 Å². The zero-order valence-corrected chi connectivity index (χ0v) is 17.0. The molecule has 1 aromatic heterocycles. The number of ether oxygens (including phenoxy) is 1. The van der Waals surface area contributed by atoms with Crippen molar-refractivity contribution in [2.75, 3.05) is 18.0 Å². The van der Waals surface area contributed by atoms with Crippen LogP contribution in [-0.4, -0.2) is 42.0 Å². The Bertz CT molecular complexity index is 979. The second-order valence-electron chi connectivity index (χ2n) is 8.37. The Morgan fingerprint density at radius 2 is 2.00 bits per heavy atom. The lowest BCUT2D eigenvalue weighted by Crippen LogP contribution is -2.54. The maximum Gasteiger partial charge on any atom is 0.407 e. The van der Waals surface area contributed by atoms with Crippen molar-refractivity contribution in [2.45, 2.75) is 45.0 Å². The van der Waals surface area contributed by atoms with E-state index >= 15 is 0 Å². The number of alkyl halides is 3. The Morgan fingerprint density at radius 3 is 2.63 bits per heavy atom. The van der Waals surface area contributed by atoms with Crippen LogP contribution in [0.1, 0.15) is 32.8 Å². The number of piperidine rings is 1. The highest BCUT2D eigenvalue weighted by Gasteiger charge is 2.45. The molecule has 1 aliphatic heterocycles. The van der Waals surface area contributed by atoms with E-state index in [0.29, 0.717) is 22.2 Å². The van der Waals surface area contributed by atoms with Gasteiger partial charge in [0, 0.05) is 30.4 Å². The molecule has 0 aliphatic carbocycles. The highest BCUT2D eigenvalue weighted by molar-refractivity contribution is 5.95. The van der Waals surface area contributed by atoms with Crippen LogP contribution in [0.4, 0.5) is 23.7 Å². The quantitative estimate of drug-likeness (QED) is 0.780. The van der Waals surface area contributed by atoms with Crippen LogP contribution in [0.25, 0.3) is 10.9 Å². The van der Waals surface area contributed by atoms with Crippen LogP contribution < -0.4 is 10.2 Å². The molecule has 0 spiro atoms. The number of amides is 1. The van der Waals surface area contributed by atoms with Crippen LogP contribution in [0, 0.1) is 17.2 Å². The molecule has 3 rings (SSSR count). The second-order valence-corrected chi connectivity index (χ2v) is 8.37. The van der Waals surface area contributed by atoms with Gasteiger partial charge in [0.2, 0.25) is 0 Å². The first-order valence-electron chi connectivity index (χ1n) is 9.57. The molecule has 2 heterocycles. The summed E-state index contributed by atoms with van der Waals surface area (Å²) in [6, 6.07) is 7.90. The normalized spacial score (nSPS) is 20.0. The molecule has 160 valence electrons. The van der Waals surface area contributed by atoms with Crippen molar-refractivity contribution in [2.24, 2.45) is 5.92 Å². The van der Waals surface area contributed by atoms with E-state index in [1.807, 2.05) is 0 Å². The molecule has 0 radical (unpaired) electrons. The summed E-state index contributed by atoms with van der Waals surface area (Å²) in [7, 11) is 0. The van der Waals surface area contributed by atoms with Crippen LogP contribution in [0.5, 0.6) is 0 Å². The third kappa shape index (κ3) is 4.93. The first-order valence-corrected chi connectivity index (χ1v) is 9.57. The average Bonchev–Trinajstić information content (AvgIpc) is 2.64. The highest BCUT2D eigenvalue weighted by atomic mass is 19.4. The third-order valence-electron chi connectivity index (χ3n) is 4.84. The number of fused-ring (bicyclic) bond motifs is 1. The Balaban J connectivity index is 1.93. The van der Waals surface area contributed by atoms with Gasteiger partial charge in [-0.3, -0.25) is 4.98 Å². The predicted octanol–water partition coefficient (Wildman–Crippen LogP) is 4.39. The smallest absolute Gasteiger partial charge is 0.407 e. The molecule has 1 amide bonds. The summed E-state index contributed by atoms with van der Waals surface area (Å²) in [6.45, 7) is 5.00. The van der Waals surface area contributed by atoms with Gasteiger partial charge in [0.05, 0.1) is 23.0 Å². The molecule has 1 aliphatic rings. The van der Waals surface area contributed by atoms with Gasteiger partial charge in [-0.1, -0.05) is 0 Å². The third-order valence-corrected chi connectivity index (χ3v) is 4.84. The van der Waals surface area contributed by atoms with Crippen LogP contribution >= 0.6 is 0 Å². The summed E-state index contributed by atoms with van der Waals surface area (Å²) in [4.78, 5) is 18.0. The fourth-order valence-electron chi connectivity index (χ4n) is 3.64. The van der Waals surface area contributed by atoms with E-state index in [4.69, 9.17) is 4.74 Å². The number of carbonyl (C=O) groups excluding carboxylic acids is 1. The Labute approximate surface area is 172 Å². The number of anilines is 1. The fraction of sp³-hybridized carbons (Fsp3) is 0.476. The Kier molecular flexibility index (Phi) is 5.79. The van der Waals surface area contributed by atoms with Crippen molar-refractivity contribution in [3.63, 3.8) is 0 Å². The number of nitrogens with zero attached hydrogens (tertiary/aromatic N) is 3. The van der Waals surface area contributed by atoms with Gasteiger partial charge < -0.3 is 15.0 Å². The van der Waals surface area contributed by atoms with Gasteiger partial charge in [0.15, 0.2) is 0 Å². The van der Waals surface area contributed by atoms with Crippen molar-refractivity contribution in [3.8, 4) is 6.07 Å². The number of rotatable bonds is 2. The fourth-order valence-corrected chi connectivity index (χ4v) is 3.64. The molecule has 0 saturated carbocycles. The van der Waals surface area contributed by atoms with Crippen molar-refractivity contribution in [1.29, 1.82) is 5.26 Å². The SMILES string of the molecule is CC(C)(C)OC(=O)N[C@@H]1C[C@H](C(F)(F)F)CN(c2ccc(C#N)c3ncccc23)C1. The number of halogens is 3. The average molecular weight is 420 g/mol. The second kappa shape index (κ2) is 8.01. The molecule has 1 aromatic carbocycles. The van der Waals surface area contributed by atoms with Gasteiger partial charge in [-0.05, 0) is 51.5 Å². The van der Waals surface area contributed by atoms with Crippen molar-refractivity contribution in [3.05, 3.63) is 36.0 Å². The minimum atomic E-state index is -4.41. The molecule has 2 aromatic rings. The predicted molar refractivity (Wildman–Crippen MR) is 106 cm³/mol. The van der Waals surface area contributed by atoms with E-state index in [2.05, 4.69) is 16.4 Å². The molecule has 0 unspecified atom stereocenters. The maximum absolute atomic E-state index is 13.6. The lowest BCUT2D eigenvalue weighted by molar-refractivity contribution is -0.177. The van der Waals surface area contributed by atoms with E-state index in [0.717, 1.165) is 0 Å². The number of carbonyl (C=O) groups is 1. The summed E-state index contributed by atoms with van der Waals surface area (Å²) in [5, 5.41) is 12.5. The van der Waals surface area contributed by atoms with Gasteiger partial charge in [-0.2, -0.15) is 18.4 Å². The van der Waals surface area contributed by atoms with Crippen molar-refractivity contribution in [1.82, 2.24) is 10.3 Å². The van der Waals surface area contributed by atoms with E-state index in [1.165, 1.54) is 6.20 Å². The molecule has 0 bridgehead atoms. The minimum absolute atomic E-state index is 0.182. The Hall–Kier alpha value is -3.02. The van der Waals surface area contributed by atoms with Gasteiger partial charge in [-0.15, -0.1) is 0 Å². The molecular formula is C21H23F3N4O2. The molecule has 2 atom stereocenters. The first kappa shape index (κ1) is 21.7. The van der Waals surface area contributed by atoms with Gasteiger partial charge in [0.25, 0.3) is 0 Å². The number of alkyl carbamates (subject to hydrolysis) is 1. The number of nitrogens with one attached hydrogen (secondary N) is 1. The van der Waals surface area contributed by atoms with E-state index in [9.17, 15) is 23.2 Å². The maximum atomic E-state index is 13.6. The number of benzene rings is 1. The zero-order valence-electron chi connectivity index (χ0n) is 17.0. The van der Waals surface area contributed by atoms with E-state index in [-0.39, 0.29) is 19.5 Å². The Morgan fingerprint density at radius 1 is 1.27 bits per heavy atom. The van der Waals surface area contributed by atoms with E-state index < -0.39 is 29.8 Å². The number of pyridine rings is 1. The highest BCUT2D eigenvalue weighted by Crippen LogP contribution is 2.37. The number of nitriles is 1. The molecular weight excluding hydrogens is 397 g/mol. The molecule has 1 N–H and O–H groups in total. The first-order chi connectivity index (χ1) is 14.0. The molecule has 1 fully saturated rings. The molecule has 30 heavy (non-hydrogen) atoms. The van der Waals surface area contributed by atoms with Crippen LogP contribution in [0.3, 0.4) is 0 Å². The summed E-state index contributed by atoms with van der Waals surface area (Å²) in [6.07, 6.45) is -3.85. The zero-order chi connectivity index (χ0) is 22.1. The summed E-state index contributed by atoms with van der Waals surface area (Å²) in [5.41, 5.74) is 0.573. The monoisotopic (exact) mass is 420 g/mol.